The zero-order valence-corrected chi connectivity index (χ0v) is 14.5. The van der Waals surface area contributed by atoms with Crippen molar-refractivity contribution in [3.8, 4) is 0 Å². The molecule has 0 N–H and O–H groups in total. The standard InChI is InChI=1S/C19H17N3O5/c1-13(14-5-3-2-4-6-14)20-10-9-16(23)12-18(20)17-8-7-15(21(24)25)11-19(17)22(26)27/h2-11,13,18H,12H2,1H3/t13-,18+/m0/s1. The molecular formula is C19H17N3O5. The molecule has 27 heavy (non-hydrogen) atoms. The number of non-ortho nitro benzene ring substituents is 1. The van der Waals surface area contributed by atoms with Gasteiger partial charge in [-0.2, -0.15) is 0 Å². The van der Waals surface area contributed by atoms with Gasteiger partial charge in [-0.25, -0.2) is 0 Å². The molecule has 8 heteroatoms. The Morgan fingerprint density at radius 1 is 1.07 bits per heavy atom. The summed E-state index contributed by atoms with van der Waals surface area (Å²) >= 11 is 0. The van der Waals surface area contributed by atoms with Crippen molar-refractivity contribution in [2.24, 2.45) is 0 Å². The monoisotopic (exact) mass is 367 g/mol. The van der Waals surface area contributed by atoms with E-state index in [9.17, 15) is 25.0 Å². The maximum atomic E-state index is 12.0. The fourth-order valence-corrected chi connectivity index (χ4v) is 3.30. The van der Waals surface area contributed by atoms with Crippen molar-refractivity contribution in [1.29, 1.82) is 0 Å². The van der Waals surface area contributed by atoms with Crippen LogP contribution in [0, 0.1) is 20.2 Å². The van der Waals surface area contributed by atoms with Crippen molar-refractivity contribution < 1.29 is 14.6 Å². The molecule has 2 aromatic rings. The first kappa shape index (κ1) is 18.2. The molecular weight excluding hydrogens is 350 g/mol. The predicted octanol–water partition coefficient (Wildman–Crippen LogP) is 4.09. The van der Waals surface area contributed by atoms with Gasteiger partial charge in [0, 0.05) is 18.7 Å². The molecule has 0 amide bonds. The zero-order chi connectivity index (χ0) is 19.6. The molecule has 1 aliphatic heterocycles. The number of hydrogen-bond donors (Lipinski definition) is 0. The average Bonchev–Trinajstić information content (AvgIpc) is 2.67. The van der Waals surface area contributed by atoms with Gasteiger partial charge in [0.2, 0.25) is 0 Å². The summed E-state index contributed by atoms with van der Waals surface area (Å²) in [5.41, 5.74) is 0.561. The molecule has 3 rings (SSSR count). The summed E-state index contributed by atoms with van der Waals surface area (Å²) in [6.07, 6.45) is 3.15. The summed E-state index contributed by atoms with van der Waals surface area (Å²) in [4.78, 5) is 35.1. The van der Waals surface area contributed by atoms with Gasteiger partial charge in [-0.1, -0.05) is 30.3 Å². The third-order valence-electron chi connectivity index (χ3n) is 4.70. The van der Waals surface area contributed by atoms with Gasteiger partial charge < -0.3 is 4.90 Å². The first-order chi connectivity index (χ1) is 12.9. The fourth-order valence-electron chi connectivity index (χ4n) is 3.30. The van der Waals surface area contributed by atoms with Crippen molar-refractivity contribution >= 4 is 17.2 Å². The van der Waals surface area contributed by atoms with Crippen LogP contribution >= 0.6 is 0 Å². The molecule has 0 unspecified atom stereocenters. The largest absolute Gasteiger partial charge is 0.363 e. The first-order valence-electron chi connectivity index (χ1n) is 8.34. The Kier molecular flexibility index (Phi) is 4.98. The van der Waals surface area contributed by atoms with Crippen LogP contribution in [-0.2, 0) is 4.79 Å². The Hall–Kier alpha value is -3.55. The molecule has 2 aromatic carbocycles. The minimum atomic E-state index is -0.674. The highest BCUT2D eigenvalue weighted by Crippen LogP contribution is 2.40. The topological polar surface area (TPSA) is 107 Å². The zero-order valence-electron chi connectivity index (χ0n) is 14.5. The second-order valence-corrected chi connectivity index (χ2v) is 6.29. The number of allylic oxidation sites excluding steroid dienone is 1. The number of rotatable bonds is 5. The van der Waals surface area contributed by atoms with Crippen molar-refractivity contribution in [2.45, 2.75) is 25.4 Å². The highest BCUT2D eigenvalue weighted by molar-refractivity contribution is 5.91. The van der Waals surface area contributed by atoms with Crippen LogP contribution in [-0.4, -0.2) is 20.5 Å². The predicted molar refractivity (Wildman–Crippen MR) is 98.0 cm³/mol. The van der Waals surface area contributed by atoms with E-state index in [-0.39, 0.29) is 35.2 Å². The van der Waals surface area contributed by atoms with Crippen LogP contribution in [0.25, 0.3) is 0 Å². The molecule has 0 saturated heterocycles. The molecule has 8 nitrogen and oxygen atoms in total. The van der Waals surface area contributed by atoms with Gasteiger partial charge in [0.05, 0.1) is 33.6 Å². The number of carbonyl (C=O) groups excluding carboxylic acids is 1. The molecule has 0 spiro atoms. The summed E-state index contributed by atoms with van der Waals surface area (Å²) < 4.78 is 0. The van der Waals surface area contributed by atoms with E-state index >= 15 is 0 Å². The van der Waals surface area contributed by atoms with Crippen LogP contribution < -0.4 is 0 Å². The SMILES string of the molecule is C[C@@H](c1ccccc1)N1C=CC(=O)C[C@@H]1c1ccc([N+](=O)[O-])cc1[N+](=O)[O-]. The minimum Gasteiger partial charge on any atom is -0.363 e. The second-order valence-electron chi connectivity index (χ2n) is 6.29. The number of ketones is 1. The lowest BCUT2D eigenvalue weighted by Crippen LogP contribution is -2.32. The van der Waals surface area contributed by atoms with E-state index in [0.717, 1.165) is 11.6 Å². The highest BCUT2D eigenvalue weighted by atomic mass is 16.6. The molecule has 0 saturated carbocycles. The minimum absolute atomic E-state index is 0.0618. The second kappa shape index (κ2) is 7.36. The van der Waals surface area contributed by atoms with E-state index < -0.39 is 15.9 Å². The smallest absolute Gasteiger partial charge is 0.281 e. The van der Waals surface area contributed by atoms with Gasteiger partial charge >= 0.3 is 0 Å². The lowest BCUT2D eigenvalue weighted by atomic mass is 9.93. The summed E-state index contributed by atoms with van der Waals surface area (Å²) in [7, 11) is 0. The van der Waals surface area contributed by atoms with E-state index in [0.29, 0.717) is 0 Å². The van der Waals surface area contributed by atoms with Gasteiger partial charge in [-0.3, -0.25) is 25.0 Å². The summed E-state index contributed by atoms with van der Waals surface area (Å²) in [5, 5.41) is 22.5. The summed E-state index contributed by atoms with van der Waals surface area (Å²) in [6, 6.07) is 12.4. The first-order valence-corrected chi connectivity index (χ1v) is 8.34. The molecule has 1 heterocycles. The lowest BCUT2D eigenvalue weighted by molar-refractivity contribution is -0.394. The summed E-state index contributed by atoms with van der Waals surface area (Å²) in [5.74, 6) is -0.149. The Morgan fingerprint density at radius 3 is 2.41 bits per heavy atom. The van der Waals surface area contributed by atoms with Gasteiger partial charge in [0.15, 0.2) is 5.78 Å². The maximum Gasteiger partial charge on any atom is 0.281 e. The van der Waals surface area contributed by atoms with Crippen molar-refractivity contribution in [3.05, 3.63) is 92.2 Å². The van der Waals surface area contributed by atoms with Crippen molar-refractivity contribution in [2.75, 3.05) is 0 Å². The maximum absolute atomic E-state index is 12.0. The van der Waals surface area contributed by atoms with Crippen molar-refractivity contribution in [1.82, 2.24) is 4.90 Å². The molecule has 138 valence electrons. The van der Waals surface area contributed by atoms with Crippen LogP contribution in [0.15, 0.2) is 60.8 Å². The van der Waals surface area contributed by atoms with E-state index in [2.05, 4.69) is 0 Å². The quantitative estimate of drug-likeness (QED) is 0.582. The molecule has 0 fully saturated rings. The molecule has 0 aromatic heterocycles. The summed E-state index contributed by atoms with van der Waals surface area (Å²) in [6.45, 7) is 1.94. The van der Waals surface area contributed by atoms with Crippen LogP contribution in [0.1, 0.15) is 36.6 Å². The van der Waals surface area contributed by atoms with Crippen LogP contribution in [0.2, 0.25) is 0 Å². The highest BCUT2D eigenvalue weighted by Gasteiger charge is 2.33. The van der Waals surface area contributed by atoms with Gasteiger partial charge in [0.1, 0.15) is 0 Å². The molecule has 0 radical (unpaired) electrons. The number of benzene rings is 2. The number of carbonyl (C=O) groups is 1. The van der Waals surface area contributed by atoms with Gasteiger partial charge in [-0.15, -0.1) is 0 Å². The molecule has 1 aliphatic rings. The van der Waals surface area contributed by atoms with E-state index in [4.69, 9.17) is 0 Å². The Morgan fingerprint density at radius 2 is 1.78 bits per heavy atom. The molecule has 0 bridgehead atoms. The number of nitro groups is 2. The van der Waals surface area contributed by atoms with E-state index in [1.807, 2.05) is 42.2 Å². The Balaban J connectivity index is 2.07. The van der Waals surface area contributed by atoms with Gasteiger partial charge in [-0.05, 0) is 24.6 Å². The van der Waals surface area contributed by atoms with Crippen LogP contribution in [0.5, 0.6) is 0 Å². The number of nitrogens with zero attached hydrogens (tertiary/aromatic N) is 3. The van der Waals surface area contributed by atoms with E-state index in [1.165, 1.54) is 18.2 Å². The number of hydrogen-bond acceptors (Lipinski definition) is 6. The third-order valence-corrected chi connectivity index (χ3v) is 4.70. The van der Waals surface area contributed by atoms with E-state index in [1.54, 1.807) is 6.20 Å². The molecule has 2 atom stereocenters. The lowest BCUT2D eigenvalue weighted by Gasteiger charge is -2.37. The average molecular weight is 367 g/mol. The number of nitro benzene ring substituents is 2. The molecule has 0 aliphatic carbocycles. The van der Waals surface area contributed by atoms with Crippen molar-refractivity contribution in [3.63, 3.8) is 0 Å². The van der Waals surface area contributed by atoms with Gasteiger partial charge in [0.25, 0.3) is 11.4 Å². The van der Waals surface area contributed by atoms with Crippen LogP contribution in [0.3, 0.4) is 0 Å². The Bertz CT molecular complexity index is 926. The van der Waals surface area contributed by atoms with Crippen LogP contribution in [0.4, 0.5) is 11.4 Å². The Labute approximate surface area is 155 Å². The normalized spacial score (nSPS) is 17.6. The third kappa shape index (κ3) is 3.69. The fraction of sp³-hybridized carbons (Fsp3) is 0.211.